The van der Waals surface area contributed by atoms with Crippen LogP contribution in [0.25, 0.3) is 11.1 Å². The molecule has 3 N–H and O–H groups in total. The van der Waals surface area contributed by atoms with Gasteiger partial charge in [0.25, 0.3) is 5.89 Å². The zero-order valence-electron chi connectivity index (χ0n) is 30.9. The van der Waals surface area contributed by atoms with Crippen molar-refractivity contribution in [2.24, 2.45) is 17.6 Å². The number of carbonyl (C=O) groups excluding carboxylic acids is 4. The van der Waals surface area contributed by atoms with Crippen molar-refractivity contribution in [3.05, 3.63) is 102 Å². The monoisotopic (exact) mass is 736 g/mol. The molecule has 6 rings (SSSR count). The Kier molecular flexibility index (Phi) is 14.0. The van der Waals surface area contributed by atoms with Gasteiger partial charge in [-0.25, -0.2) is 9.78 Å². The van der Waals surface area contributed by atoms with E-state index in [9.17, 15) is 19.2 Å². The number of para-hydroxylation sites is 2. The van der Waals surface area contributed by atoms with Crippen LogP contribution in [0.15, 0.2) is 89.3 Å². The minimum Gasteiger partial charge on any atom is -0.449 e. The van der Waals surface area contributed by atoms with Crippen molar-refractivity contribution in [3.63, 3.8) is 0 Å². The van der Waals surface area contributed by atoms with Crippen LogP contribution in [0.3, 0.4) is 0 Å². The van der Waals surface area contributed by atoms with Gasteiger partial charge < -0.3 is 29.8 Å². The zero-order chi connectivity index (χ0) is 37.7. The zero-order valence-corrected chi connectivity index (χ0v) is 30.9. The molecule has 4 atom stereocenters. The maximum Gasteiger partial charge on any atom is 0.407 e. The molecule has 0 unspecified atom stereocenters. The first-order valence-electron chi connectivity index (χ1n) is 19.4. The van der Waals surface area contributed by atoms with E-state index in [1.54, 1.807) is 17.0 Å². The summed E-state index contributed by atoms with van der Waals surface area (Å²) >= 11 is 0. The van der Waals surface area contributed by atoms with Crippen molar-refractivity contribution in [1.82, 2.24) is 15.2 Å². The second kappa shape index (κ2) is 19.5. The highest BCUT2D eigenvalue weighted by Gasteiger charge is 2.43. The van der Waals surface area contributed by atoms with Gasteiger partial charge in [-0.05, 0) is 87.1 Å². The lowest BCUT2D eigenvalue weighted by Gasteiger charge is -2.29. The van der Waals surface area contributed by atoms with Crippen LogP contribution in [0, 0.1) is 11.8 Å². The Morgan fingerprint density at radius 2 is 1.57 bits per heavy atom. The number of unbranched alkanes of at least 4 members (excludes halogenated alkanes) is 1. The number of ether oxygens (including phenoxy) is 2. The van der Waals surface area contributed by atoms with Crippen LogP contribution in [0.1, 0.15) is 79.6 Å². The number of hydrogen-bond donors (Lipinski definition) is 2. The van der Waals surface area contributed by atoms with Crippen LogP contribution in [0.2, 0.25) is 0 Å². The van der Waals surface area contributed by atoms with E-state index in [0.717, 1.165) is 31.2 Å². The first-order valence-corrected chi connectivity index (χ1v) is 19.4. The summed E-state index contributed by atoms with van der Waals surface area (Å²) in [7, 11) is 0. The Balaban J connectivity index is 1.19. The van der Waals surface area contributed by atoms with Gasteiger partial charge in [0, 0.05) is 31.9 Å². The van der Waals surface area contributed by atoms with E-state index in [-0.39, 0.29) is 36.3 Å². The van der Waals surface area contributed by atoms with E-state index in [0.29, 0.717) is 75.3 Å². The molecule has 3 aromatic carbocycles. The minimum absolute atomic E-state index is 0.0318. The first-order chi connectivity index (χ1) is 26.4. The predicted octanol–water partition coefficient (Wildman–Crippen LogP) is 6.47. The van der Waals surface area contributed by atoms with E-state index in [4.69, 9.17) is 19.6 Å². The molecule has 0 spiro atoms. The van der Waals surface area contributed by atoms with E-state index in [1.807, 2.05) is 60.7 Å². The van der Waals surface area contributed by atoms with E-state index >= 15 is 0 Å². The Morgan fingerprint density at radius 3 is 2.28 bits per heavy atom. The Bertz CT molecular complexity index is 1790. The molecule has 286 valence electrons. The maximum atomic E-state index is 14.5. The fourth-order valence-electron chi connectivity index (χ4n) is 7.11. The van der Waals surface area contributed by atoms with Gasteiger partial charge in [0.1, 0.15) is 11.6 Å². The van der Waals surface area contributed by atoms with Crippen LogP contribution in [-0.2, 0) is 31.9 Å². The van der Waals surface area contributed by atoms with Crippen LogP contribution < -0.4 is 11.1 Å². The van der Waals surface area contributed by atoms with Crippen molar-refractivity contribution in [3.8, 4) is 0 Å². The number of nitrogens with zero attached hydrogens (tertiary/aromatic N) is 2. The number of ketones is 2. The molecule has 2 fully saturated rings. The summed E-state index contributed by atoms with van der Waals surface area (Å²) in [6, 6.07) is 25.3. The largest absolute Gasteiger partial charge is 0.449 e. The van der Waals surface area contributed by atoms with Crippen molar-refractivity contribution in [1.29, 1.82) is 0 Å². The second-order valence-corrected chi connectivity index (χ2v) is 14.6. The van der Waals surface area contributed by atoms with Gasteiger partial charge in [-0.15, -0.1) is 0 Å². The summed E-state index contributed by atoms with van der Waals surface area (Å²) in [5, 5.41) is 2.83. The summed E-state index contributed by atoms with van der Waals surface area (Å²) in [6.45, 7) is 1.43. The number of aryl methyl sites for hydroxylation is 2. The third-order valence-electron chi connectivity index (χ3n) is 10.4. The van der Waals surface area contributed by atoms with Crippen molar-refractivity contribution < 1.29 is 33.1 Å². The normalized spacial score (nSPS) is 18.0. The van der Waals surface area contributed by atoms with Crippen LogP contribution in [-0.4, -0.2) is 77.9 Å². The second-order valence-electron chi connectivity index (χ2n) is 14.6. The average Bonchev–Trinajstić information content (AvgIpc) is 3.77. The molecule has 0 radical (unpaired) electrons. The Morgan fingerprint density at radius 1 is 0.870 bits per heavy atom. The molecule has 1 saturated carbocycles. The lowest BCUT2D eigenvalue weighted by atomic mass is 9.89. The number of rotatable bonds is 21. The summed E-state index contributed by atoms with van der Waals surface area (Å²) in [5.41, 5.74) is 9.08. The van der Waals surface area contributed by atoms with Gasteiger partial charge in [0.15, 0.2) is 11.4 Å². The Hall–Kier alpha value is -4.87. The van der Waals surface area contributed by atoms with Gasteiger partial charge in [-0.1, -0.05) is 79.2 Å². The minimum atomic E-state index is -0.925. The molecule has 4 aromatic rings. The van der Waals surface area contributed by atoms with Crippen LogP contribution >= 0.6 is 0 Å². The number of Topliss-reactive ketones (excluding diaryl/α,β-unsaturated/α-hetero) is 2. The highest BCUT2D eigenvalue weighted by Crippen LogP contribution is 2.30. The number of nitrogens with two attached hydrogens (primary N) is 1. The van der Waals surface area contributed by atoms with Crippen molar-refractivity contribution >= 4 is 34.7 Å². The number of oxazole rings is 1. The smallest absolute Gasteiger partial charge is 0.407 e. The topological polar surface area (TPSA) is 154 Å². The summed E-state index contributed by atoms with van der Waals surface area (Å²) in [5.74, 6) is -1.32. The first kappa shape index (κ1) is 38.8. The van der Waals surface area contributed by atoms with Gasteiger partial charge in [0.2, 0.25) is 11.7 Å². The van der Waals surface area contributed by atoms with E-state index in [2.05, 4.69) is 22.4 Å². The number of hydrogen-bond acceptors (Lipinski definition) is 9. The number of alkyl carbamates (subject to hydrolysis) is 1. The van der Waals surface area contributed by atoms with Gasteiger partial charge in [-0.3, -0.25) is 14.4 Å². The summed E-state index contributed by atoms with van der Waals surface area (Å²) in [6.07, 6.45) is 5.46. The molecule has 1 aliphatic carbocycles. The molecular formula is C43H52N4O7. The Labute approximate surface area is 317 Å². The number of likely N-dealkylation sites (tertiary alicyclic amines) is 1. The molecule has 11 heteroatoms. The fraction of sp³-hybridized carbons (Fsp3) is 0.465. The molecule has 2 amide bonds. The SMILES string of the molecule is NCCCC[C@H](CC(=O)[C@@H]1C[C@@H](OCCCc2ccccc2)CN1C(=O)[C@@H](CCc1ccccc1)NC(=O)OCC1CC1)C(=O)c1nc2ccccc2o1. The highest BCUT2D eigenvalue weighted by atomic mass is 16.5. The third-order valence-corrected chi connectivity index (χ3v) is 10.4. The predicted molar refractivity (Wildman–Crippen MR) is 205 cm³/mol. The van der Waals surface area contributed by atoms with Crippen molar-refractivity contribution in [2.45, 2.75) is 88.8 Å². The number of benzene rings is 3. The number of amides is 2. The molecule has 0 bridgehead atoms. The van der Waals surface area contributed by atoms with E-state index in [1.165, 1.54) is 5.56 Å². The highest BCUT2D eigenvalue weighted by molar-refractivity contribution is 6.00. The molecule has 11 nitrogen and oxygen atoms in total. The standard InChI is InChI=1S/C43H52N4O7/c44-24-10-9-17-33(40(49)41-45-35-18-7-8-19-39(35)54-41)26-38(48)37-27-34(52-25-11-16-30-12-3-1-4-13-30)28-47(37)42(50)36(23-22-31-14-5-2-6-15-31)46-43(51)53-29-32-20-21-32/h1-8,12-15,18-19,32-34,36-37H,9-11,16-17,20-29,44H2,(H,46,51)/t33-,34-,36-,37+/m1/s1. The molecule has 2 aliphatic rings. The summed E-state index contributed by atoms with van der Waals surface area (Å²) in [4.78, 5) is 61.8. The molecule has 2 heterocycles. The number of carbonyl (C=O) groups is 4. The van der Waals surface area contributed by atoms with Crippen molar-refractivity contribution in [2.75, 3.05) is 26.3 Å². The van der Waals surface area contributed by atoms with Gasteiger partial charge in [0.05, 0.1) is 18.8 Å². The van der Waals surface area contributed by atoms with Crippen LogP contribution in [0.4, 0.5) is 4.79 Å². The van der Waals surface area contributed by atoms with E-state index < -0.39 is 30.2 Å². The third kappa shape index (κ3) is 11.1. The summed E-state index contributed by atoms with van der Waals surface area (Å²) < 4.78 is 17.6. The average molecular weight is 737 g/mol. The number of nitrogens with one attached hydrogen (secondary N) is 1. The van der Waals surface area contributed by atoms with Gasteiger partial charge >= 0.3 is 6.09 Å². The lowest BCUT2D eigenvalue weighted by molar-refractivity contribution is -0.139. The number of fused-ring (bicyclic) bond motifs is 1. The quantitative estimate of drug-likeness (QED) is 0.0724. The lowest BCUT2D eigenvalue weighted by Crippen LogP contribution is -2.52. The fourth-order valence-corrected chi connectivity index (χ4v) is 7.11. The molecule has 1 aromatic heterocycles. The molecule has 54 heavy (non-hydrogen) atoms. The molecular weight excluding hydrogens is 684 g/mol. The maximum absolute atomic E-state index is 14.5. The number of aromatic nitrogens is 1. The molecule has 1 aliphatic heterocycles. The molecule has 1 saturated heterocycles. The van der Waals surface area contributed by atoms with Crippen LogP contribution in [0.5, 0.6) is 0 Å². The van der Waals surface area contributed by atoms with Gasteiger partial charge in [-0.2, -0.15) is 0 Å².